The number of nitro groups is 1. The lowest BCUT2D eigenvalue weighted by Crippen LogP contribution is -2.20. The average Bonchev–Trinajstić information content (AvgIpc) is 2.59. The van der Waals surface area contributed by atoms with Crippen LogP contribution in [0.15, 0.2) is 42.5 Å². The third-order valence-electron chi connectivity index (χ3n) is 3.59. The topological polar surface area (TPSA) is 116 Å². The Hall–Kier alpha value is -3.40. The number of carboxylic acids is 1. The summed E-state index contributed by atoms with van der Waals surface area (Å²) in [6.45, 7) is 1.77. The molecule has 122 valence electrons. The van der Waals surface area contributed by atoms with Gasteiger partial charge in [0.2, 0.25) is 0 Å². The Morgan fingerprint density at radius 2 is 2.00 bits per heavy atom. The standard InChI is InChI=1S/C17H15N3O4/c1-2-12-9-13(5-8-15(12)20(23)24)16(17(21)22)19-14-6-3-11(10-18)4-7-14/h3-9,16,19H,2H2,1H3,(H,21,22). The summed E-state index contributed by atoms with van der Waals surface area (Å²) in [6, 6.07) is 11.6. The van der Waals surface area contributed by atoms with E-state index in [1.54, 1.807) is 31.2 Å². The lowest BCUT2D eigenvalue weighted by atomic mass is 10.0. The fourth-order valence-corrected chi connectivity index (χ4v) is 2.34. The summed E-state index contributed by atoms with van der Waals surface area (Å²) in [6.07, 6.45) is 0.424. The molecule has 2 rings (SSSR count). The molecule has 2 N–H and O–H groups in total. The Morgan fingerprint density at radius 1 is 1.33 bits per heavy atom. The zero-order chi connectivity index (χ0) is 17.7. The van der Waals surface area contributed by atoms with E-state index in [0.29, 0.717) is 28.8 Å². The molecule has 0 radical (unpaired) electrons. The second kappa shape index (κ2) is 7.24. The van der Waals surface area contributed by atoms with Gasteiger partial charge in [0.25, 0.3) is 5.69 Å². The smallest absolute Gasteiger partial charge is 0.330 e. The van der Waals surface area contributed by atoms with Gasteiger partial charge in [0.1, 0.15) is 0 Å². The SMILES string of the molecule is CCc1cc(C(Nc2ccc(C#N)cc2)C(=O)O)ccc1[N+](=O)[O-]. The summed E-state index contributed by atoms with van der Waals surface area (Å²) < 4.78 is 0. The highest BCUT2D eigenvalue weighted by Crippen LogP contribution is 2.26. The van der Waals surface area contributed by atoms with Crippen molar-refractivity contribution in [2.24, 2.45) is 0 Å². The third kappa shape index (κ3) is 3.67. The largest absolute Gasteiger partial charge is 0.479 e. The fraction of sp³-hybridized carbons (Fsp3) is 0.176. The lowest BCUT2D eigenvalue weighted by molar-refractivity contribution is -0.385. The van der Waals surface area contributed by atoms with E-state index in [1.807, 2.05) is 6.07 Å². The normalized spacial score (nSPS) is 11.3. The number of carboxylic acid groups (broad SMARTS) is 1. The van der Waals surface area contributed by atoms with Gasteiger partial charge < -0.3 is 10.4 Å². The Kier molecular flexibility index (Phi) is 5.12. The van der Waals surface area contributed by atoms with E-state index in [-0.39, 0.29) is 5.69 Å². The number of aliphatic carboxylic acids is 1. The van der Waals surface area contributed by atoms with Crippen LogP contribution in [-0.4, -0.2) is 16.0 Å². The summed E-state index contributed by atoms with van der Waals surface area (Å²) in [7, 11) is 0. The highest BCUT2D eigenvalue weighted by molar-refractivity contribution is 5.79. The predicted octanol–water partition coefficient (Wildman–Crippen LogP) is 3.27. The predicted molar refractivity (Wildman–Crippen MR) is 87.6 cm³/mol. The van der Waals surface area contributed by atoms with E-state index in [0.717, 1.165) is 0 Å². The van der Waals surface area contributed by atoms with Gasteiger partial charge in [-0.15, -0.1) is 0 Å². The van der Waals surface area contributed by atoms with Gasteiger partial charge in [0.05, 0.1) is 16.6 Å². The van der Waals surface area contributed by atoms with Crippen molar-refractivity contribution in [2.45, 2.75) is 19.4 Å². The molecule has 0 fully saturated rings. The number of benzene rings is 2. The molecule has 0 spiro atoms. The van der Waals surface area contributed by atoms with Crippen molar-refractivity contribution in [1.82, 2.24) is 0 Å². The first kappa shape index (κ1) is 17.0. The highest BCUT2D eigenvalue weighted by Gasteiger charge is 2.22. The number of hydrogen-bond donors (Lipinski definition) is 2. The van der Waals surface area contributed by atoms with Crippen LogP contribution in [0, 0.1) is 21.4 Å². The maximum atomic E-state index is 11.6. The fourth-order valence-electron chi connectivity index (χ4n) is 2.34. The number of nitrogens with zero attached hydrogens (tertiary/aromatic N) is 2. The summed E-state index contributed by atoms with van der Waals surface area (Å²) in [4.78, 5) is 22.1. The second-order valence-electron chi connectivity index (χ2n) is 5.10. The van der Waals surface area contributed by atoms with E-state index >= 15 is 0 Å². The molecule has 24 heavy (non-hydrogen) atoms. The number of rotatable bonds is 6. The molecule has 0 saturated carbocycles. The molecule has 7 nitrogen and oxygen atoms in total. The van der Waals surface area contributed by atoms with Crippen molar-refractivity contribution >= 4 is 17.3 Å². The molecule has 7 heteroatoms. The van der Waals surface area contributed by atoms with Crippen molar-refractivity contribution < 1.29 is 14.8 Å². The first-order chi connectivity index (χ1) is 11.5. The molecule has 2 aromatic rings. The Bertz CT molecular complexity index is 810. The van der Waals surface area contributed by atoms with E-state index < -0.39 is 16.9 Å². The molecule has 1 atom stereocenters. The van der Waals surface area contributed by atoms with Gasteiger partial charge >= 0.3 is 5.97 Å². The minimum absolute atomic E-state index is 0.0243. The monoisotopic (exact) mass is 325 g/mol. The van der Waals surface area contributed by atoms with E-state index in [9.17, 15) is 20.0 Å². The molecule has 0 saturated heterocycles. The van der Waals surface area contributed by atoms with Crippen LogP contribution in [0.5, 0.6) is 0 Å². The number of nitro benzene ring substituents is 1. The quantitative estimate of drug-likeness (QED) is 0.622. The number of anilines is 1. The summed E-state index contributed by atoms with van der Waals surface area (Å²) in [5, 5.41) is 32.1. The average molecular weight is 325 g/mol. The summed E-state index contributed by atoms with van der Waals surface area (Å²) >= 11 is 0. The first-order valence-electron chi connectivity index (χ1n) is 7.23. The van der Waals surface area contributed by atoms with Crippen molar-refractivity contribution in [3.63, 3.8) is 0 Å². The third-order valence-corrected chi connectivity index (χ3v) is 3.59. The van der Waals surface area contributed by atoms with Gasteiger partial charge in [-0.3, -0.25) is 10.1 Å². The van der Waals surface area contributed by atoms with Crippen LogP contribution in [0.3, 0.4) is 0 Å². The molecular weight excluding hydrogens is 310 g/mol. The number of hydrogen-bond acceptors (Lipinski definition) is 5. The van der Waals surface area contributed by atoms with Gasteiger partial charge in [-0.25, -0.2) is 4.79 Å². The van der Waals surface area contributed by atoms with Crippen molar-refractivity contribution in [1.29, 1.82) is 5.26 Å². The van der Waals surface area contributed by atoms with Crippen molar-refractivity contribution in [2.75, 3.05) is 5.32 Å². The van der Waals surface area contributed by atoms with Crippen LogP contribution in [0.2, 0.25) is 0 Å². The van der Waals surface area contributed by atoms with Crippen molar-refractivity contribution in [3.05, 3.63) is 69.3 Å². The second-order valence-corrected chi connectivity index (χ2v) is 5.10. The van der Waals surface area contributed by atoms with Gasteiger partial charge in [-0.05, 0) is 48.4 Å². The maximum Gasteiger partial charge on any atom is 0.330 e. The summed E-state index contributed by atoms with van der Waals surface area (Å²) in [5.74, 6) is -1.10. The molecule has 0 aromatic heterocycles. The van der Waals surface area contributed by atoms with Crippen LogP contribution in [0.25, 0.3) is 0 Å². The molecule has 0 heterocycles. The van der Waals surface area contributed by atoms with Crippen LogP contribution >= 0.6 is 0 Å². The van der Waals surface area contributed by atoms with Crippen LogP contribution in [0.1, 0.15) is 29.7 Å². The van der Waals surface area contributed by atoms with Crippen LogP contribution in [0.4, 0.5) is 11.4 Å². The molecule has 1 unspecified atom stereocenters. The summed E-state index contributed by atoms with van der Waals surface area (Å²) in [5.41, 5.74) is 1.89. The van der Waals surface area contributed by atoms with E-state index in [4.69, 9.17) is 5.26 Å². The number of nitriles is 1. The van der Waals surface area contributed by atoms with Gasteiger partial charge in [-0.1, -0.05) is 6.92 Å². The van der Waals surface area contributed by atoms with Crippen LogP contribution in [-0.2, 0) is 11.2 Å². The minimum atomic E-state index is -1.10. The molecule has 0 aliphatic rings. The molecule has 2 aromatic carbocycles. The van der Waals surface area contributed by atoms with Crippen LogP contribution < -0.4 is 5.32 Å². The lowest BCUT2D eigenvalue weighted by Gasteiger charge is -2.17. The van der Waals surface area contributed by atoms with Gasteiger partial charge in [-0.2, -0.15) is 5.26 Å². The molecule has 0 bridgehead atoms. The zero-order valence-electron chi connectivity index (χ0n) is 12.9. The molecular formula is C17H15N3O4. The number of carbonyl (C=O) groups is 1. The number of aryl methyl sites for hydroxylation is 1. The Morgan fingerprint density at radius 3 is 2.50 bits per heavy atom. The molecule has 0 amide bonds. The van der Waals surface area contributed by atoms with Gasteiger partial charge in [0, 0.05) is 17.3 Å². The Labute approximate surface area is 138 Å². The minimum Gasteiger partial charge on any atom is -0.479 e. The van der Waals surface area contributed by atoms with Gasteiger partial charge in [0.15, 0.2) is 6.04 Å². The van der Waals surface area contributed by atoms with Crippen molar-refractivity contribution in [3.8, 4) is 6.07 Å². The van der Waals surface area contributed by atoms with E-state index in [1.165, 1.54) is 18.2 Å². The zero-order valence-corrected chi connectivity index (χ0v) is 12.9. The maximum absolute atomic E-state index is 11.6. The highest BCUT2D eigenvalue weighted by atomic mass is 16.6. The molecule has 0 aliphatic heterocycles. The van der Waals surface area contributed by atoms with E-state index in [2.05, 4.69) is 5.32 Å². The Balaban J connectivity index is 2.35. The number of nitrogens with one attached hydrogen (secondary N) is 1. The molecule has 0 aliphatic carbocycles. The first-order valence-corrected chi connectivity index (χ1v) is 7.23.